The molecule has 0 fully saturated rings. The Morgan fingerprint density at radius 2 is 0.455 bits per heavy atom. The molecule has 0 saturated heterocycles. The standard InChI is InChI=1S/6C3H4N2.2ClH.Ru/c6*1-2-5-3-4-1;;;/h6*1-3H,(H,4,5);2*1H;. The van der Waals surface area contributed by atoms with E-state index in [4.69, 9.17) is 0 Å². The van der Waals surface area contributed by atoms with Crippen LogP contribution in [0, 0.1) is 0 Å². The van der Waals surface area contributed by atoms with Gasteiger partial charge in [0.1, 0.15) is 0 Å². The van der Waals surface area contributed by atoms with Gasteiger partial charge in [-0.05, 0) is 0 Å². The van der Waals surface area contributed by atoms with Crippen LogP contribution in [0.1, 0.15) is 0 Å². The number of hydrogen-bond acceptors (Lipinski definition) is 6. The van der Waals surface area contributed by atoms with Gasteiger partial charge in [0.25, 0.3) is 0 Å². The normalized spacial score (nSPS) is 7.27. The second kappa shape index (κ2) is 30.7. The molecule has 15 heteroatoms. The zero-order valence-corrected chi connectivity index (χ0v) is 20.6. The summed E-state index contributed by atoms with van der Waals surface area (Å²) in [6, 6.07) is 0. The first-order valence-electron chi connectivity index (χ1n) is 8.56. The van der Waals surface area contributed by atoms with Crippen LogP contribution in [-0.4, -0.2) is 59.8 Å². The third kappa shape index (κ3) is 28.5. The van der Waals surface area contributed by atoms with Gasteiger partial charge in [-0.1, -0.05) is 0 Å². The molecule has 6 rings (SSSR count). The molecule has 180 valence electrons. The molecule has 0 unspecified atom stereocenters. The van der Waals surface area contributed by atoms with Crippen LogP contribution in [0.4, 0.5) is 0 Å². The molecular weight excluding hydrogens is 556 g/mol. The number of halogens is 2. The molecule has 0 bridgehead atoms. The minimum Gasteiger partial charge on any atom is -0.351 e. The van der Waals surface area contributed by atoms with Crippen LogP contribution >= 0.6 is 24.8 Å². The Labute approximate surface area is 216 Å². The summed E-state index contributed by atoms with van der Waals surface area (Å²) >= 11 is 0. The Balaban J connectivity index is -0.000000321. The van der Waals surface area contributed by atoms with Gasteiger partial charge in [0.15, 0.2) is 0 Å². The third-order valence-electron chi connectivity index (χ3n) is 2.44. The largest absolute Gasteiger partial charge is 0.351 e. The minimum atomic E-state index is 0. The number of hydrogen-bond donors (Lipinski definition) is 6. The van der Waals surface area contributed by atoms with E-state index in [1.165, 1.54) is 0 Å². The van der Waals surface area contributed by atoms with Crippen molar-refractivity contribution in [3.63, 3.8) is 0 Å². The molecule has 0 aliphatic rings. The van der Waals surface area contributed by atoms with Gasteiger partial charge < -0.3 is 29.9 Å². The monoisotopic (exact) mass is 582 g/mol. The Bertz CT molecular complexity index is 589. The SMILES string of the molecule is Cl.Cl.[Ru].c1c[nH]cn1.c1c[nH]cn1.c1c[nH]cn1.c1c[nH]cn1.c1c[nH]cn1.c1c[nH]cn1. The summed E-state index contributed by atoms with van der Waals surface area (Å²) in [5.74, 6) is 0. The van der Waals surface area contributed by atoms with Crippen molar-refractivity contribution < 1.29 is 19.5 Å². The molecule has 0 atom stereocenters. The van der Waals surface area contributed by atoms with E-state index in [0.717, 1.165) is 0 Å². The Morgan fingerprint density at radius 1 is 0.303 bits per heavy atom. The molecule has 0 radical (unpaired) electrons. The van der Waals surface area contributed by atoms with E-state index in [9.17, 15) is 0 Å². The van der Waals surface area contributed by atoms with Gasteiger partial charge in [-0.3, -0.25) is 0 Å². The maximum atomic E-state index is 3.67. The topological polar surface area (TPSA) is 172 Å². The molecule has 12 nitrogen and oxygen atoms in total. The summed E-state index contributed by atoms with van der Waals surface area (Å²) in [4.78, 5) is 38.5. The van der Waals surface area contributed by atoms with Crippen molar-refractivity contribution in [2.75, 3.05) is 0 Å². The molecule has 6 heterocycles. The summed E-state index contributed by atoms with van der Waals surface area (Å²) < 4.78 is 0. The number of H-pyrrole nitrogens is 6. The van der Waals surface area contributed by atoms with Crippen LogP contribution in [-0.2, 0) is 19.5 Å². The summed E-state index contributed by atoms with van der Waals surface area (Å²) in [6.07, 6.45) is 30.5. The minimum absolute atomic E-state index is 0. The van der Waals surface area contributed by atoms with E-state index in [-0.39, 0.29) is 44.3 Å². The van der Waals surface area contributed by atoms with E-state index < -0.39 is 0 Å². The van der Waals surface area contributed by atoms with Crippen molar-refractivity contribution in [3.05, 3.63) is 112 Å². The second-order valence-electron chi connectivity index (χ2n) is 4.56. The van der Waals surface area contributed by atoms with E-state index in [0.29, 0.717) is 0 Å². The fourth-order valence-corrected chi connectivity index (χ4v) is 1.29. The van der Waals surface area contributed by atoms with Gasteiger partial charge >= 0.3 is 0 Å². The zero-order chi connectivity index (χ0) is 21.2. The van der Waals surface area contributed by atoms with Crippen LogP contribution in [0.2, 0.25) is 0 Å². The van der Waals surface area contributed by atoms with E-state index in [1.54, 1.807) is 112 Å². The van der Waals surface area contributed by atoms with Crippen LogP contribution in [0.5, 0.6) is 0 Å². The van der Waals surface area contributed by atoms with Gasteiger partial charge in [-0.15, -0.1) is 24.8 Å². The van der Waals surface area contributed by atoms with Gasteiger partial charge in [-0.25, -0.2) is 29.9 Å². The molecular formula is C18H26Cl2N12Ru. The van der Waals surface area contributed by atoms with Crippen molar-refractivity contribution in [1.82, 2.24) is 59.8 Å². The van der Waals surface area contributed by atoms with Gasteiger partial charge in [0, 0.05) is 93.8 Å². The Hall–Kier alpha value is -3.54. The summed E-state index contributed by atoms with van der Waals surface area (Å²) in [6.45, 7) is 0. The average Bonchev–Trinajstić information content (AvgIpc) is 3.69. The molecule has 0 aliphatic heterocycles. The van der Waals surface area contributed by atoms with E-state index in [2.05, 4.69) is 59.8 Å². The predicted octanol–water partition coefficient (Wildman–Crippen LogP) is 3.30. The smallest absolute Gasteiger partial charge is 0.0919 e. The van der Waals surface area contributed by atoms with Crippen molar-refractivity contribution in [2.45, 2.75) is 0 Å². The zero-order valence-electron chi connectivity index (χ0n) is 17.2. The number of aromatic nitrogens is 12. The van der Waals surface area contributed by atoms with Crippen molar-refractivity contribution in [1.29, 1.82) is 0 Å². The Kier molecular flexibility index (Phi) is 31.7. The molecule has 0 aliphatic carbocycles. The summed E-state index contributed by atoms with van der Waals surface area (Å²) in [5, 5.41) is 0. The fourth-order valence-electron chi connectivity index (χ4n) is 1.29. The molecule has 0 spiro atoms. The molecule has 6 aromatic rings. The Morgan fingerprint density at radius 3 is 0.485 bits per heavy atom. The van der Waals surface area contributed by atoms with Gasteiger partial charge in [0.05, 0.1) is 38.0 Å². The maximum Gasteiger partial charge on any atom is 0.0919 e. The first kappa shape index (κ1) is 34.1. The third-order valence-corrected chi connectivity index (χ3v) is 2.44. The average molecular weight is 582 g/mol. The summed E-state index contributed by atoms with van der Waals surface area (Å²) in [5.41, 5.74) is 0. The first-order valence-corrected chi connectivity index (χ1v) is 8.56. The summed E-state index contributed by atoms with van der Waals surface area (Å²) in [7, 11) is 0. The number of nitrogens with zero attached hydrogens (tertiary/aromatic N) is 6. The number of nitrogens with one attached hydrogen (secondary N) is 6. The van der Waals surface area contributed by atoms with Crippen LogP contribution in [0.15, 0.2) is 112 Å². The number of imidazole rings is 6. The fraction of sp³-hybridized carbons (Fsp3) is 0. The molecule has 0 aromatic carbocycles. The van der Waals surface area contributed by atoms with Crippen LogP contribution in [0.25, 0.3) is 0 Å². The maximum absolute atomic E-state index is 3.67. The second-order valence-corrected chi connectivity index (χ2v) is 4.56. The molecule has 0 amide bonds. The molecule has 6 N–H and O–H groups in total. The van der Waals surface area contributed by atoms with Crippen LogP contribution < -0.4 is 0 Å². The molecule has 6 aromatic heterocycles. The molecule has 0 saturated carbocycles. The van der Waals surface area contributed by atoms with E-state index >= 15 is 0 Å². The quantitative estimate of drug-likeness (QED) is 0.150. The van der Waals surface area contributed by atoms with E-state index in [1.807, 2.05) is 0 Å². The molecule has 33 heavy (non-hydrogen) atoms. The first-order chi connectivity index (χ1) is 15.0. The predicted molar refractivity (Wildman–Crippen MR) is 126 cm³/mol. The number of aromatic amines is 6. The van der Waals surface area contributed by atoms with Gasteiger partial charge in [-0.2, -0.15) is 0 Å². The van der Waals surface area contributed by atoms with Crippen molar-refractivity contribution in [2.24, 2.45) is 0 Å². The number of rotatable bonds is 0. The van der Waals surface area contributed by atoms with Crippen LogP contribution in [0.3, 0.4) is 0 Å². The van der Waals surface area contributed by atoms with Gasteiger partial charge in [0.2, 0.25) is 0 Å². The van der Waals surface area contributed by atoms with Crippen molar-refractivity contribution in [3.8, 4) is 0 Å². The van der Waals surface area contributed by atoms with Crippen molar-refractivity contribution >= 4 is 24.8 Å².